The number of hydrogen-bond donors (Lipinski definition) is 0. The smallest absolute Gasteiger partial charge is 0.374 e. The summed E-state index contributed by atoms with van der Waals surface area (Å²) in [6.45, 7) is 25.7. The van der Waals surface area contributed by atoms with Crippen LogP contribution in [-0.4, -0.2) is 101 Å². The normalized spacial score (nSPS) is 12.7. The molecule has 0 spiro atoms. The molecule has 0 aromatic carbocycles. The summed E-state index contributed by atoms with van der Waals surface area (Å²) in [6.07, 6.45) is 1.51. The van der Waals surface area contributed by atoms with Crippen LogP contribution in [0.5, 0.6) is 0 Å². The Morgan fingerprint density at radius 2 is 0.889 bits per heavy atom. The molecule has 2 amide bonds. The van der Waals surface area contributed by atoms with Crippen molar-refractivity contribution >= 4 is 31.9 Å². The first-order valence-corrected chi connectivity index (χ1v) is 21.2. The van der Waals surface area contributed by atoms with E-state index in [1.807, 2.05) is 46.4 Å². The Balaban J connectivity index is 5.62. The maximum Gasteiger partial charge on any atom is 0.500 e. The SMILES string of the molecule is CCO[Si](CCCN(CCC[Si](OCC)(OCC)OCC)C(=O)N(CC)[Si](C)(C)C)(OCC)OCC. The molecule has 0 rings (SSSR count). The second kappa shape index (κ2) is 18.9. The molecule has 0 bridgehead atoms. The average molecular weight is 569 g/mol. The number of rotatable bonds is 22. The van der Waals surface area contributed by atoms with Crippen LogP contribution < -0.4 is 0 Å². The Labute approximate surface area is 224 Å². The van der Waals surface area contributed by atoms with Gasteiger partial charge in [-0.15, -0.1) is 0 Å². The minimum atomic E-state index is -2.76. The highest BCUT2D eigenvalue weighted by Crippen LogP contribution is 2.22. The number of carbonyl (C=O) groups excluding carboxylic acids is 1. The van der Waals surface area contributed by atoms with Crippen LogP contribution >= 0.6 is 0 Å². The van der Waals surface area contributed by atoms with E-state index in [2.05, 4.69) is 31.1 Å². The van der Waals surface area contributed by atoms with E-state index in [1.54, 1.807) is 0 Å². The molecule has 0 aliphatic rings. The van der Waals surface area contributed by atoms with Crippen molar-refractivity contribution in [1.82, 2.24) is 9.47 Å². The molecule has 0 fully saturated rings. The van der Waals surface area contributed by atoms with E-state index >= 15 is 0 Å². The van der Waals surface area contributed by atoms with Gasteiger partial charge in [0.25, 0.3) is 0 Å². The lowest BCUT2D eigenvalue weighted by Crippen LogP contribution is -2.55. The third kappa shape index (κ3) is 12.5. The van der Waals surface area contributed by atoms with Crippen LogP contribution in [0.1, 0.15) is 61.3 Å². The van der Waals surface area contributed by atoms with E-state index in [0.29, 0.717) is 71.4 Å². The molecule has 12 heteroatoms. The monoisotopic (exact) mass is 568 g/mol. The summed E-state index contributed by atoms with van der Waals surface area (Å²) in [5, 5.41) is 0. The molecule has 0 saturated heterocycles. The van der Waals surface area contributed by atoms with Gasteiger partial charge in [0.15, 0.2) is 8.24 Å². The Morgan fingerprint density at radius 3 is 1.11 bits per heavy atom. The van der Waals surface area contributed by atoms with Crippen molar-refractivity contribution in [2.24, 2.45) is 0 Å². The van der Waals surface area contributed by atoms with Crippen molar-refractivity contribution in [3.63, 3.8) is 0 Å². The van der Waals surface area contributed by atoms with Crippen molar-refractivity contribution in [3.8, 4) is 0 Å². The molecule has 0 saturated carbocycles. The molecule has 0 aromatic heterocycles. The van der Waals surface area contributed by atoms with Crippen molar-refractivity contribution in [1.29, 1.82) is 0 Å². The molecule has 0 N–H and O–H groups in total. The number of urea groups is 1. The number of nitrogens with zero attached hydrogens (tertiary/aromatic N) is 2. The molecule has 0 atom stereocenters. The molecule has 0 unspecified atom stereocenters. The van der Waals surface area contributed by atoms with Gasteiger partial charge in [-0.2, -0.15) is 0 Å². The lowest BCUT2D eigenvalue weighted by atomic mass is 10.3. The average Bonchev–Trinajstić information content (AvgIpc) is 2.78. The van der Waals surface area contributed by atoms with Gasteiger partial charge < -0.3 is 36.0 Å². The summed E-state index contributed by atoms with van der Waals surface area (Å²) in [6, 6.07) is 1.46. The van der Waals surface area contributed by atoms with Crippen molar-refractivity contribution in [3.05, 3.63) is 0 Å². The van der Waals surface area contributed by atoms with Crippen LogP contribution in [0.2, 0.25) is 31.7 Å². The third-order valence-corrected chi connectivity index (χ3v) is 14.1. The Kier molecular flexibility index (Phi) is 18.7. The van der Waals surface area contributed by atoms with Gasteiger partial charge in [0, 0.05) is 71.4 Å². The summed E-state index contributed by atoms with van der Waals surface area (Å²) in [7, 11) is -7.35. The highest BCUT2D eigenvalue weighted by Gasteiger charge is 2.42. The van der Waals surface area contributed by atoms with E-state index < -0.39 is 25.8 Å². The first kappa shape index (κ1) is 35.7. The number of carbonyl (C=O) groups is 1. The molecule has 0 aliphatic heterocycles. The summed E-state index contributed by atoms with van der Waals surface area (Å²) < 4.78 is 38.2. The topological polar surface area (TPSA) is 78.9 Å². The van der Waals surface area contributed by atoms with Gasteiger partial charge in [0.05, 0.1) is 0 Å². The van der Waals surface area contributed by atoms with Gasteiger partial charge in [0.1, 0.15) is 0 Å². The summed E-state index contributed by atoms with van der Waals surface area (Å²) >= 11 is 0. The molecule has 0 aliphatic carbocycles. The molecular formula is C24H56N2O7Si3. The van der Waals surface area contributed by atoms with E-state index in [1.165, 1.54) is 0 Å². The highest BCUT2D eigenvalue weighted by molar-refractivity contribution is 6.75. The van der Waals surface area contributed by atoms with E-state index in [0.717, 1.165) is 12.8 Å². The Morgan fingerprint density at radius 1 is 0.583 bits per heavy atom. The minimum absolute atomic E-state index is 0.102. The number of amides is 2. The lowest BCUT2D eigenvalue weighted by molar-refractivity contribution is 0.0694. The van der Waals surface area contributed by atoms with Crippen molar-refractivity contribution in [2.45, 2.75) is 93.0 Å². The van der Waals surface area contributed by atoms with Crippen LogP contribution in [-0.2, 0) is 26.6 Å². The Hall–Kier alpha value is -0.319. The van der Waals surface area contributed by atoms with Gasteiger partial charge in [-0.3, -0.25) is 0 Å². The Bertz CT molecular complexity index is 516. The van der Waals surface area contributed by atoms with E-state index in [9.17, 15) is 4.79 Å². The molecule has 9 nitrogen and oxygen atoms in total. The minimum Gasteiger partial charge on any atom is -0.374 e. The second-order valence-corrected chi connectivity index (χ2v) is 19.7. The van der Waals surface area contributed by atoms with Gasteiger partial charge >= 0.3 is 23.6 Å². The van der Waals surface area contributed by atoms with Crippen molar-refractivity contribution in [2.75, 3.05) is 59.3 Å². The predicted molar refractivity (Wildman–Crippen MR) is 153 cm³/mol. The second-order valence-electron chi connectivity index (χ2n) is 9.36. The van der Waals surface area contributed by atoms with Crippen LogP contribution in [0.25, 0.3) is 0 Å². The maximum atomic E-state index is 13.7. The fourth-order valence-electron chi connectivity index (χ4n) is 4.35. The zero-order chi connectivity index (χ0) is 27.7. The summed E-state index contributed by atoms with van der Waals surface area (Å²) in [5.41, 5.74) is 0. The van der Waals surface area contributed by atoms with Gasteiger partial charge in [-0.25, -0.2) is 4.79 Å². The zero-order valence-electron chi connectivity index (χ0n) is 24.9. The molecule has 36 heavy (non-hydrogen) atoms. The summed E-state index contributed by atoms with van der Waals surface area (Å²) in [5.74, 6) is 0. The number of hydrogen-bond acceptors (Lipinski definition) is 7. The molecule has 0 aromatic rings. The fraction of sp³-hybridized carbons (Fsp3) is 0.958. The van der Waals surface area contributed by atoms with E-state index in [4.69, 9.17) is 26.6 Å². The lowest BCUT2D eigenvalue weighted by Gasteiger charge is -2.38. The van der Waals surface area contributed by atoms with Crippen LogP contribution in [0, 0.1) is 0 Å². The molecule has 216 valence electrons. The summed E-state index contributed by atoms with van der Waals surface area (Å²) in [4.78, 5) is 15.7. The predicted octanol–water partition coefficient (Wildman–Crippen LogP) is 5.44. The maximum absolute atomic E-state index is 13.7. The van der Waals surface area contributed by atoms with Crippen LogP contribution in [0.15, 0.2) is 0 Å². The standard InChI is InChI=1S/C24H56N2O7Si3/c1-11-26(34(8,9)10)24(27)25(20-18-22-35(28-12-2,29-13-3)30-14-4)21-19-23-36(31-15-5,32-16-6)33-17-7/h11-23H2,1-10H3. The molecular weight excluding hydrogens is 513 g/mol. The first-order valence-electron chi connectivity index (χ1n) is 13.9. The van der Waals surface area contributed by atoms with E-state index in [-0.39, 0.29) is 6.03 Å². The van der Waals surface area contributed by atoms with Gasteiger partial charge in [-0.1, -0.05) is 19.6 Å². The fourth-order valence-corrected chi connectivity index (χ4v) is 11.2. The van der Waals surface area contributed by atoms with Crippen molar-refractivity contribution < 1.29 is 31.4 Å². The largest absolute Gasteiger partial charge is 0.500 e. The zero-order valence-corrected chi connectivity index (χ0v) is 27.9. The quantitative estimate of drug-likeness (QED) is 0.161. The van der Waals surface area contributed by atoms with Gasteiger partial charge in [0.2, 0.25) is 0 Å². The molecule has 0 heterocycles. The molecule has 0 radical (unpaired) electrons. The van der Waals surface area contributed by atoms with Crippen LogP contribution in [0.3, 0.4) is 0 Å². The highest BCUT2D eigenvalue weighted by atomic mass is 28.4. The third-order valence-electron chi connectivity index (χ3n) is 5.63. The van der Waals surface area contributed by atoms with Crippen LogP contribution in [0.4, 0.5) is 4.79 Å². The van der Waals surface area contributed by atoms with Gasteiger partial charge in [-0.05, 0) is 61.3 Å². The first-order chi connectivity index (χ1) is 17.0.